The lowest BCUT2D eigenvalue weighted by atomic mass is 9.95. The van der Waals surface area contributed by atoms with Crippen LogP contribution in [0.1, 0.15) is 58.4 Å². The van der Waals surface area contributed by atoms with Crippen molar-refractivity contribution >= 4 is 18.1 Å². The van der Waals surface area contributed by atoms with Crippen molar-refractivity contribution in [2.24, 2.45) is 5.92 Å². The molecule has 0 bridgehead atoms. The minimum absolute atomic E-state index is 0.0318. The fourth-order valence-electron chi connectivity index (χ4n) is 4.65. The lowest BCUT2D eigenvalue weighted by Crippen LogP contribution is -2.45. The van der Waals surface area contributed by atoms with E-state index in [9.17, 15) is 23.2 Å². The summed E-state index contributed by atoms with van der Waals surface area (Å²) >= 11 is 0. The van der Waals surface area contributed by atoms with E-state index in [0.29, 0.717) is 44.8 Å². The van der Waals surface area contributed by atoms with Crippen molar-refractivity contribution in [1.82, 2.24) is 15.1 Å². The fourth-order valence-corrected chi connectivity index (χ4v) is 4.65. The molecule has 2 aromatic carbocycles. The zero-order valence-electron chi connectivity index (χ0n) is 23.6. The first-order valence-electron chi connectivity index (χ1n) is 13.7. The summed E-state index contributed by atoms with van der Waals surface area (Å²) in [4.78, 5) is 39.5. The Hall–Kier alpha value is -3.69. The molecule has 2 saturated heterocycles. The number of likely N-dealkylation sites (tertiary alicyclic amines) is 2. The Labute approximate surface area is 234 Å². The molecule has 0 aromatic heterocycles. The van der Waals surface area contributed by atoms with Gasteiger partial charge in [0.15, 0.2) is 0 Å². The summed E-state index contributed by atoms with van der Waals surface area (Å²) in [5.74, 6) is 0.160. The number of amides is 3. The van der Waals surface area contributed by atoms with Crippen molar-refractivity contribution in [3.05, 3.63) is 65.7 Å². The normalized spacial score (nSPS) is 17.5. The number of hydrogen-bond acceptors (Lipinski definition) is 5. The molecule has 0 unspecified atom stereocenters. The molecule has 0 spiro atoms. The van der Waals surface area contributed by atoms with Crippen LogP contribution in [0.25, 0.3) is 0 Å². The molecule has 4 rings (SSSR count). The topological polar surface area (TPSA) is 88.2 Å². The van der Waals surface area contributed by atoms with Crippen LogP contribution >= 0.6 is 0 Å². The number of carbonyl (C=O) groups is 3. The summed E-state index contributed by atoms with van der Waals surface area (Å²) in [5, 5.41) is 2.45. The number of piperidine rings is 1. The van der Waals surface area contributed by atoms with Gasteiger partial charge in [0.1, 0.15) is 23.0 Å². The molecule has 2 heterocycles. The summed E-state index contributed by atoms with van der Waals surface area (Å²) < 4.78 is 35.7. The number of nitrogens with zero attached hydrogens (tertiary/aromatic N) is 2. The van der Waals surface area contributed by atoms with Crippen molar-refractivity contribution in [3.63, 3.8) is 0 Å². The second-order valence-corrected chi connectivity index (χ2v) is 10.9. The van der Waals surface area contributed by atoms with E-state index < -0.39 is 11.7 Å². The molecule has 2 aromatic rings. The van der Waals surface area contributed by atoms with Gasteiger partial charge in [-0.2, -0.15) is 0 Å². The second kappa shape index (κ2) is 14.1. The van der Waals surface area contributed by atoms with Crippen LogP contribution in [0.5, 0.6) is 5.75 Å². The number of nitrogens with one attached hydrogen (secondary N) is 1. The molecule has 2 aliphatic rings. The third-order valence-corrected chi connectivity index (χ3v) is 6.68. The highest BCUT2D eigenvalue weighted by atomic mass is 19.1. The molecule has 8 nitrogen and oxygen atoms in total. The van der Waals surface area contributed by atoms with Gasteiger partial charge in [0, 0.05) is 44.6 Å². The number of rotatable bonds is 4. The Balaban J connectivity index is 0.000000285. The van der Waals surface area contributed by atoms with Crippen LogP contribution in [0, 0.1) is 17.6 Å². The largest absolute Gasteiger partial charge is 0.444 e. The monoisotopic (exact) mass is 559 g/mol. The summed E-state index contributed by atoms with van der Waals surface area (Å²) in [6, 6.07) is 11.8. The van der Waals surface area contributed by atoms with Gasteiger partial charge >= 0.3 is 12.2 Å². The number of benzene rings is 2. The minimum Gasteiger partial charge on any atom is -0.444 e. The van der Waals surface area contributed by atoms with Crippen LogP contribution in [0.3, 0.4) is 0 Å². The Bertz CT molecular complexity index is 1130. The Morgan fingerprint density at radius 3 is 1.98 bits per heavy atom. The van der Waals surface area contributed by atoms with E-state index in [0.717, 1.165) is 18.5 Å². The first kappa shape index (κ1) is 30.8. The number of carbonyl (C=O) groups excluding carboxylic acids is 3. The quantitative estimate of drug-likeness (QED) is 0.518. The molecule has 0 radical (unpaired) electrons. The fraction of sp³-hybridized carbons (Fsp3) is 0.500. The summed E-state index contributed by atoms with van der Waals surface area (Å²) in [6.07, 6.45) is 1.43. The van der Waals surface area contributed by atoms with E-state index in [1.807, 2.05) is 37.8 Å². The zero-order chi connectivity index (χ0) is 29.3. The molecule has 2 fully saturated rings. The van der Waals surface area contributed by atoms with Crippen molar-refractivity contribution < 1.29 is 32.6 Å². The lowest BCUT2D eigenvalue weighted by molar-refractivity contribution is -0.136. The molecular weight excluding hydrogens is 520 g/mol. The van der Waals surface area contributed by atoms with Gasteiger partial charge in [-0.3, -0.25) is 4.79 Å². The third-order valence-electron chi connectivity index (χ3n) is 6.68. The first-order chi connectivity index (χ1) is 18.9. The van der Waals surface area contributed by atoms with Crippen LogP contribution in [0.2, 0.25) is 0 Å². The highest BCUT2D eigenvalue weighted by molar-refractivity contribution is 5.80. The zero-order valence-corrected chi connectivity index (χ0v) is 23.6. The SMILES string of the molecule is CC(C)(C)OC(=O)N1CCC(C(=O)N2CC[C@H](c3ccc(F)cc3)C2)CC1.CCNC(=O)Oc1ccc(F)cc1. The molecule has 3 amide bonds. The van der Waals surface area contributed by atoms with E-state index >= 15 is 0 Å². The third kappa shape index (κ3) is 9.50. The second-order valence-electron chi connectivity index (χ2n) is 10.9. The maximum absolute atomic E-state index is 13.1. The lowest BCUT2D eigenvalue weighted by Gasteiger charge is -2.34. The Morgan fingerprint density at radius 2 is 1.43 bits per heavy atom. The van der Waals surface area contributed by atoms with Gasteiger partial charge in [-0.15, -0.1) is 0 Å². The standard InChI is InChI=1S/C21H29FN2O3.C9H10FNO2/c1-21(2,3)27-20(26)23-11-8-16(9-12-23)19(25)24-13-10-17(14-24)15-4-6-18(22)7-5-15;1-2-11-9(12)13-8-5-3-7(10)4-6-8/h4-7,16-17H,8-14H2,1-3H3;3-6H,2H2,1H3,(H,11,12)/t17-;/m0./s1. The minimum atomic E-state index is -0.533. The maximum atomic E-state index is 13.1. The van der Waals surface area contributed by atoms with Gasteiger partial charge in [0.05, 0.1) is 0 Å². The smallest absolute Gasteiger partial charge is 0.412 e. The molecule has 0 saturated carbocycles. The molecule has 1 N–H and O–H groups in total. The highest BCUT2D eigenvalue weighted by Crippen LogP contribution is 2.30. The van der Waals surface area contributed by atoms with Crippen LogP contribution in [0.15, 0.2) is 48.5 Å². The van der Waals surface area contributed by atoms with Gasteiger partial charge < -0.3 is 24.6 Å². The molecule has 10 heteroatoms. The van der Waals surface area contributed by atoms with Crippen molar-refractivity contribution in [2.75, 3.05) is 32.7 Å². The van der Waals surface area contributed by atoms with Crippen LogP contribution in [0.4, 0.5) is 18.4 Å². The Kier molecular flexibility index (Phi) is 10.9. The Morgan fingerprint density at radius 1 is 0.875 bits per heavy atom. The van der Waals surface area contributed by atoms with Crippen molar-refractivity contribution in [3.8, 4) is 5.75 Å². The number of halogens is 2. The predicted molar refractivity (Wildman–Crippen MR) is 147 cm³/mol. The summed E-state index contributed by atoms with van der Waals surface area (Å²) in [5.41, 5.74) is 0.584. The van der Waals surface area contributed by atoms with Gasteiger partial charge in [0.25, 0.3) is 0 Å². The van der Waals surface area contributed by atoms with E-state index in [2.05, 4.69) is 5.32 Å². The molecular formula is C30H39F2N3O5. The van der Waals surface area contributed by atoms with Crippen LogP contribution in [-0.4, -0.2) is 66.2 Å². The molecule has 0 aliphatic carbocycles. The average Bonchev–Trinajstić information content (AvgIpc) is 3.40. The van der Waals surface area contributed by atoms with Gasteiger partial charge in [-0.1, -0.05) is 12.1 Å². The van der Waals surface area contributed by atoms with E-state index in [1.54, 1.807) is 11.8 Å². The van der Waals surface area contributed by atoms with Gasteiger partial charge in [-0.05, 0) is 88.9 Å². The summed E-state index contributed by atoms with van der Waals surface area (Å²) in [6.45, 7) is 10.4. The molecule has 2 aliphatic heterocycles. The van der Waals surface area contributed by atoms with Crippen molar-refractivity contribution in [1.29, 1.82) is 0 Å². The van der Waals surface area contributed by atoms with Gasteiger partial charge in [-0.25, -0.2) is 18.4 Å². The molecule has 1 atom stereocenters. The highest BCUT2D eigenvalue weighted by Gasteiger charge is 2.35. The summed E-state index contributed by atoms with van der Waals surface area (Å²) in [7, 11) is 0. The first-order valence-corrected chi connectivity index (χ1v) is 13.7. The number of ether oxygens (including phenoxy) is 2. The van der Waals surface area contributed by atoms with E-state index in [4.69, 9.17) is 9.47 Å². The van der Waals surface area contributed by atoms with Crippen molar-refractivity contribution in [2.45, 2.75) is 58.5 Å². The maximum Gasteiger partial charge on any atom is 0.412 e. The van der Waals surface area contributed by atoms with Gasteiger partial charge in [0.2, 0.25) is 5.91 Å². The predicted octanol–water partition coefficient (Wildman–Crippen LogP) is 5.72. The van der Waals surface area contributed by atoms with E-state index in [1.165, 1.54) is 36.4 Å². The van der Waals surface area contributed by atoms with E-state index in [-0.39, 0.29) is 35.5 Å². The molecule has 218 valence electrons. The molecule has 40 heavy (non-hydrogen) atoms. The van der Waals surface area contributed by atoms with Crippen LogP contribution in [-0.2, 0) is 9.53 Å². The average molecular weight is 560 g/mol. The van der Waals surface area contributed by atoms with Crippen LogP contribution < -0.4 is 10.1 Å². The number of hydrogen-bond donors (Lipinski definition) is 1.